The molecule has 0 aromatic heterocycles. The van der Waals surface area contributed by atoms with Gasteiger partial charge in [0.2, 0.25) is 6.79 Å². The van der Waals surface area contributed by atoms with Crippen LogP contribution in [0, 0.1) is 0 Å². The van der Waals surface area contributed by atoms with E-state index in [9.17, 15) is 0 Å². The lowest BCUT2D eigenvalue weighted by molar-refractivity contribution is 0.174. The molecule has 1 aliphatic rings. The Kier molecular flexibility index (Phi) is 3.86. The average Bonchev–Trinajstić information content (AvgIpc) is 2.82. The molecule has 0 bridgehead atoms. The third kappa shape index (κ3) is 2.70. The minimum absolute atomic E-state index is 0.135. The molecular formula is C13H19NO3. The first-order valence-corrected chi connectivity index (χ1v) is 6.01. The Labute approximate surface area is 102 Å². The maximum Gasteiger partial charge on any atom is 0.231 e. The number of hydrogen-bond acceptors (Lipinski definition) is 4. The summed E-state index contributed by atoms with van der Waals surface area (Å²) in [7, 11) is 0. The number of ether oxygens (including phenoxy) is 2. The van der Waals surface area contributed by atoms with E-state index in [2.05, 4.69) is 19.2 Å². The van der Waals surface area contributed by atoms with Gasteiger partial charge in [-0.3, -0.25) is 0 Å². The topological polar surface area (TPSA) is 50.7 Å². The van der Waals surface area contributed by atoms with Gasteiger partial charge in [-0.1, -0.05) is 13.0 Å². The Morgan fingerprint density at radius 1 is 1.35 bits per heavy atom. The second-order valence-electron chi connectivity index (χ2n) is 4.29. The lowest BCUT2D eigenvalue weighted by Crippen LogP contribution is -2.33. The summed E-state index contributed by atoms with van der Waals surface area (Å²) < 4.78 is 10.6. The molecular weight excluding hydrogens is 218 g/mol. The molecule has 1 aromatic rings. The van der Waals surface area contributed by atoms with Crippen molar-refractivity contribution < 1.29 is 14.6 Å². The van der Waals surface area contributed by atoms with Crippen molar-refractivity contribution in [1.29, 1.82) is 0 Å². The summed E-state index contributed by atoms with van der Waals surface area (Å²) in [5.41, 5.74) is 1.14. The van der Waals surface area contributed by atoms with E-state index < -0.39 is 0 Å². The van der Waals surface area contributed by atoms with Crippen LogP contribution in [0.3, 0.4) is 0 Å². The average molecular weight is 237 g/mol. The van der Waals surface area contributed by atoms with Crippen molar-refractivity contribution in [2.45, 2.75) is 32.4 Å². The molecule has 1 aromatic carbocycles. The van der Waals surface area contributed by atoms with Crippen molar-refractivity contribution in [2.24, 2.45) is 0 Å². The highest BCUT2D eigenvalue weighted by atomic mass is 16.7. The second-order valence-corrected chi connectivity index (χ2v) is 4.29. The molecule has 2 atom stereocenters. The first-order valence-electron chi connectivity index (χ1n) is 6.01. The first kappa shape index (κ1) is 12.2. The number of aliphatic hydroxyl groups excluding tert-OH is 1. The molecule has 2 rings (SSSR count). The van der Waals surface area contributed by atoms with E-state index in [1.807, 2.05) is 18.2 Å². The van der Waals surface area contributed by atoms with Crippen LogP contribution in [0.1, 0.15) is 31.9 Å². The van der Waals surface area contributed by atoms with Crippen LogP contribution in [0.4, 0.5) is 0 Å². The Hall–Kier alpha value is -1.26. The summed E-state index contributed by atoms with van der Waals surface area (Å²) in [5, 5.41) is 12.5. The summed E-state index contributed by atoms with van der Waals surface area (Å²) in [6.45, 7) is 4.59. The predicted molar refractivity (Wildman–Crippen MR) is 65.3 cm³/mol. The van der Waals surface area contributed by atoms with Gasteiger partial charge in [-0.2, -0.15) is 0 Å². The van der Waals surface area contributed by atoms with Crippen molar-refractivity contribution in [2.75, 3.05) is 13.4 Å². The first-order chi connectivity index (χ1) is 8.24. The maximum atomic E-state index is 9.17. The third-order valence-corrected chi connectivity index (χ3v) is 3.10. The van der Waals surface area contributed by atoms with Gasteiger partial charge in [-0.15, -0.1) is 0 Å². The molecule has 0 spiro atoms. The Bertz CT molecular complexity index is 377. The molecule has 4 nitrogen and oxygen atoms in total. The van der Waals surface area contributed by atoms with E-state index in [1.54, 1.807) is 0 Å². The maximum absolute atomic E-state index is 9.17. The molecule has 0 saturated heterocycles. The smallest absolute Gasteiger partial charge is 0.231 e. The van der Waals surface area contributed by atoms with Crippen LogP contribution in [0.2, 0.25) is 0 Å². The predicted octanol–water partition coefficient (Wildman–Crippen LogP) is 1.84. The molecule has 0 fully saturated rings. The Morgan fingerprint density at radius 3 is 2.82 bits per heavy atom. The van der Waals surface area contributed by atoms with E-state index in [4.69, 9.17) is 14.6 Å². The minimum Gasteiger partial charge on any atom is -0.454 e. The SMILES string of the molecule is CCC(CO)NC(C)c1ccc2c(c1)OCO2. The summed E-state index contributed by atoms with van der Waals surface area (Å²) in [5.74, 6) is 1.60. The zero-order valence-corrected chi connectivity index (χ0v) is 10.3. The number of benzene rings is 1. The molecule has 0 saturated carbocycles. The number of rotatable bonds is 5. The van der Waals surface area contributed by atoms with Gasteiger partial charge in [0.25, 0.3) is 0 Å². The van der Waals surface area contributed by atoms with Gasteiger partial charge < -0.3 is 19.9 Å². The van der Waals surface area contributed by atoms with E-state index >= 15 is 0 Å². The van der Waals surface area contributed by atoms with Crippen LogP contribution in [-0.4, -0.2) is 24.5 Å². The van der Waals surface area contributed by atoms with E-state index in [-0.39, 0.29) is 18.7 Å². The van der Waals surface area contributed by atoms with Gasteiger partial charge in [0.05, 0.1) is 6.61 Å². The fourth-order valence-corrected chi connectivity index (χ4v) is 1.93. The van der Waals surface area contributed by atoms with E-state index in [0.29, 0.717) is 6.79 Å². The van der Waals surface area contributed by atoms with Crippen molar-refractivity contribution in [1.82, 2.24) is 5.32 Å². The van der Waals surface area contributed by atoms with Crippen LogP contribution in [0.5, 0.6) is 11.5 Å². The number of aliphatic hydroxyl groups is 1. The molecule has 1 heterocycles. The lowest BCUT2D eigenvalue weighted by Gasteiger charge is -2.21. The van der Waals surface area contributed by atoms with Gasteiger partial charge in [0.15, 0.2) is 11.5 Å². The quantitative estimate of drug-likeness (QED) is 0.820. The molecule has 2 N–H and O–H groups in total. The van der Waals surface area contributed by atoms with Crippen molar-refractivity contribution >= 4 is 0 Å². The summed E-state index contributed by atoms with van der Waals surface area (Å²) in [6.07, 6.45) is 0.908. The summed E-state index contributed by atoms with van der Waals surface area (Å²) in [6, 6.07) is 6.26. The zero-order valence-electron chi connectivity index (χ0n) is 10.3. The van der Waals surface area contributed by atoms with E-state index in [1.165, 1.54) is 0 Å². The zero-order chi connectivity index (χ0) is 12.3. The molecule has 0 aliphatic carbocycles. The largest absolute Gasteiger partial charge is 0.454 e. The van der Waals surface area contributed by atoms with Gasteiger partial charge >= 0.3 is 0 Å². The molecule has 0 amide bonds. The lowest BCUT2D eigenvalue weighted by atomic mass is 10.1. The number of nitrogens with one attached hydrogen (secondary N) is 1. The van der Waals surface area contributed by atoms with Gasteiger partial charge in [0.1, 0.15) is 0 Å². The summed E-state index contributed by atoms with van der Waals surface area (Å²) >= 11 is 0. The highest BCUT2D eigenvalue weighted by Crippen LogP contribution is 2.34. The molecule has 0 radical (unpaired) electrons. The van der Waals surface area contributed by atoms with Gasteiger partial charge in [-0.05, 0) is 31.0 Å². The highest BCUT2D eigenvalue weighted by molar-refractivity contribution is 5.45. The Morgan fingerprint density at radius 2 is 2.12 bits per heavy atom. The monoisotopic (exact) mass is 237 g/mol. The Balaban J connectivity index is 2.06. The number of fused-ring (bicyclic) bond motifs is 1. The molecule has 1 aliphatic heterocycles. The van der Waals surface area contributed by atoms with Crippen LogP contribution in [0.25, 0.3) is 0 Å². The summed E-state index contributed by atoms with van der Waals surface area (Å²) in [4.78, 5) is 0. The number of hydrogen-bond donors (Lipinski definition) is 2. The van der Waals surface area contributed by atoms with Crippen LogP contribution in [0.15, 0.2) is 18.2 Å². The fraction of sp³-hybridized carbons (Fsp3) is 0.538. The van der Waals surface area contributed by atoms with Crippen LogP contribution >= 0.6 is 0 Å². The standard InChI is InChI=1S/C13H19NO3/c1-3-11(7-15)14-9(2)10-4-5-12-13(6-10)17-8-16-12/h4-6,9,11,14-15H,3,7-8H2,1-2H3. The third-order valence-electron chi connectivity index (χ3n) is 3.10. The normalized spacial score (nSPS) is 16.9. The molecule has 2 unspecified atom stereocenters. The highest BCUT2D eigenvalue weighted by Gasteiger charge is 2.16. The van der Waals surface area contributed by atoms with E-state index in [0.717, 1.165) is 23.5 Å². The minimum atomic E-state index is 0.135. The van der Waals surface area contributed by atoms with Crippen molar-refractivity contribution in [3.05, 3.63) is 23.8 Å². The molecule has 17 heavy (non-hydrogen) atoms. The second kappa shape index (κ2) is 5.38. The van der Waals surface area contributed by atoms with Gasteiger partial charge in [0, 0.05) is 12.1 Å². The fourth-order valence-electron chi connectivity index (χ4n) is 1.93. The van der Waals surface area contributed by atoms with Crippen molar-refractivity contribution in [3.63, 3.8) is 0 Å². The van der Waals surface area contributed by atoms with Crippen LogP contribution < -0.4 is 14.8 Å². The molecule has 4 heteroatoms. The van der Waals surface area contributed by atoms with Gasteiger partial charge in [-0.25, -0.2) is 0 Å². The van der Waals surface area contributed by atoms with Crippen molar-refractivity contribution in [3.8, 4) is 11.5 Å². The van der Waals surface area contributed by atoms with Crippen LogP contribution in [-0.2, 0) is 0 Å². The molecule has 94 valence electrons.